The van der Waals surface area contributed by atoms with Crippen molar-refractivity contribution in [3.8, 4) is 0 Å². The fraction of sp³-hybridized carbons (Fsp3) is 0. The van der Waals surface area contributed by atoms with Crippen LogP contribution >= 0.6 is 0 Å². The van der Waals surface area contributed by atoms with Gasteiger partial charge in [-0.25, -0.2) is 0 Å². The van der Waals surface area contributed by atoms with Crippen LogP contribution in [0.1, 0.15) is 0 Å². The molecule has 0 unspecified atom stereocenters. The molecule has 0 radical (unpaired) electrons. The first-order chi connectivity index (χ1) is 2.00. The van der Waals surface area contributed by atoms with E-state index in [2.05, 4.69) is 0 Å². The van der Waals surface area contributed by atoms with Gasteiger partial charge in [0.2, 0.25) is 0 Å². The van der Waals surface area contributed by atoms with Crippen LogP contribution in [0.4, 0.5) is 0 Å². The molecule has 0 spiro atoms. The van der Waals surface area contributed by atoms with Crippen molar-refractivity contribution in [2.45, 2.75) is 0 Å². The predicted molar refractivity (Wildman–Crippen MR) is 1.37 cm³/mol. The molecule has 0 fully saturated rings. The summed E-state index contributed by atoms with van der Waals surface area (Å²) in [6, 6.07) is 0. The van der Waals surface area contributed by atoms with E-state index in [9.17, 15) is 0 Å². The minimum atomic E-state index is -0.0833. The quantitative estimate of drug-likeness (QED) is 0.613. The molecule has 0 aromatic carbocycles. The zero-order valence-electron chi connectivity index (χ0n) is 1.71. The third-order valence-electron chi connectivity index (χ3n) is 0. The van der Waals surface area contributed by atoms with Crippen molar-refractivity contribution in [1.29, 1.82) is 0 Å². The van der Waals surface area contributed by atoms with Crippen molar-refractivity contribution in [3.05, 3.63) is 0 Å². The topological polar surface area (TPSA) is 34.1 Å². The molecule has 0 heterocycles. The van der Waals surface area contributed by atoms with Crippen molar-refractivity contribution in [1.82, 2.24) is 0 Å². The Labute approximate surface area is 71.4 Å². The van der Waals surface area contributed by atoms with Crippen LogP contribution in [0.2, 0.25) is 0 Å². The fourth-order valence-corrected chi connectivity index (χ4v) is 0. The molecule has 0 atom stereocenters. The molecule has 25 valence electrons. The first kappa shape index (κ1) is 9.42. The number of rotatable bonds is 0. The zero-order valence-corrected chi connectivity index (χ0v) is 7.36. The molecule has 0 aliphatic rings. The molecule has 0 aliphatic heterocycles. The second kappa shape index (κ2) is 19.6. The fourth-order valence-electron chi connectivity index (χ4n) is 0. The van der Waals surface area contributed by atoms with E-state index in [1.807, 2.05) is 0 Å². The Kier molecular flexibility index (Phi) is 46.2. The van der Waals surface area contributed by atoms with Crippen LogP contribution in [0.15, 0.2) is 0 Å². The second-order valence-corrected chi connectivity index (χ2v) is 0. The Bertz CT molecular complexity index is 8.00. The maximum absolute atomic E-state index is 8.42. The van der Waals surface area contributed by atoms with Crippen LogP contribution in [-0.2, 0) is 3.08 Å². The van der Waals surface area contributed by atoms with Gasteiger partial charge in [-0.2, -0.15) is 0 Å². The van der Waals surface area contributed by atoms with Gasteiger partial charge in [0, 0.05) is 0 Å². The van der Waals surface area contributed by atoms with E-state index in [-0.39, 0.29) is 33.8 Å². The molecule has 0 bridgehead atoms. The van der Waals surface area contributed by atoms with E-state index in [0.717, 1.165) is 36.3 Å². The summed E-state index contributed by atoms with van der Waals surface area (Å²) in [5, 5.41) is 0. The molecule has 0 amide bonds. The third-order valence-corrected chi connectivity index (χ3v) is 0. The van der Waals surface area contributed by atoms with E-state index in [0.29, 0.717) is 0 Å². The van der Waals surface area contributed by atoms with Gasteiger partial charge in [0.25, 0.3) is 0 Å². The predicted octanol–water partition coefficient (Wildman–Crippen LogP) is -0.238. The summed E-state index contributed by atoms with van der Waals surface area (Å²) in [5.74, 6) is 0. The summed E-state index contributed by atoms with van der Waals surface area (Å²) in [6.07, 6.45) is 0. The van der Waals surface area contributed by atoms with Gasteiger partial charge in [0.1, 0.15) is 0 Å². The van der Waals surface area contributed by atoms with Crippen LogP contribution in [-0.4, -0.2) is 0 Å². The Morgan fingerprint density at radius 2 is 1.25 bits per heavy atom. The van der Waals surface area contributed by atoms with E-state index in [1.54, 1.807) is 0 Å². The average Bonchev–Trinajstić information content (AvgIpc) is 1.50. The third kappa shape index (κ3) is 8.95. The molecule has 0 saturated heterocycles. The van der Waals surface area contributed by atoms with Gasteiger partial charge in [-0.15, -0.1) is 0 Å². The molecule has 4 heteroatoms. The van der Waals surface area contributed by atoms with Gasteiger partial charge in [-0.05, 0) is 0 Å². The maximum atomic E-state index is 8.42. The molecule has 0 aliphatic carbocycles. The van der Waals surface area contributed by atoms with E-state index >= 15 is 0 Å². The molecular formula is DyLaO2. The number of hydrogen-bond acceptors (Lipinski definition) is 2. The first-order valence-electron chi connectivity index (χ1n) is 0.365. The molecule has 0 aromatic rings. The van der Waals surface area contributed by atoms with Gasteiger partial charge in [0.05, 0.1) is 0 Å². The first-order valence-corrected chi connectivity index (χ1v) is 2.67. The van der Waals surface area contributed by atoms with Gasteiger partial charge in [-0.3, -0.25) is 0 Å². The van der Waals surface area contributed by atoms with Gasteiger partial charge < -0.3 is 0 Å². The van der Waals surface area contributed by atoms with Crippen molar-refractivity contribution in [3.63, 3.8) is 0 Å². The molecule has 0 saturated carbocycles. The van der Waals surface area contributed by atoms with Crippen molar-refractivity contribution in [2.24, 2.45) is 0 Å². The van der Waals surface area contributed by atoms with Crippen molar-refractivity contribution < 1.29 is 73.2 Å². The molecule has 0 rings (SSSR count). The summed E-state index contributed by atoms with van der Waals surface area (Å²) in [5.41, 5.74) is 0. The van der Waals surface area contributed by atoms with Crippen LogP contribution < -0.4 is 0 Å². The molecule has 0 aromatic heterocycles. The minimum absolute atomic E-state index is 0.0833. The SMILES string of the molecule is [O]=[Dy].[O]=[La]. The number of hydrogen-bond donors (Lipinski definition) is 0. The van der Waals surface area contributed by atoms with Gasteiger partial charge >= 0.3 is 73.2 Å². The van der Waals surface area contributed by atoms with Crippen LogP contribution in [0.3, 0.4) is 0 Å². The summed E-state index contributed by atoms with van der Waals surface area (Å²) >= 11 is 0.806. The molecule has 0 N–H and O–H groups in total. The zero-order chi connectivity index (χ0) is 4.00. The normalized spacial score (nSPS) is 3.00. The average molecular weight is 333 g/mol. The van der Waals surface area contributed by atoms with E-state index < -0.39 is 0 Å². The summed E-state index contributed by atoms with van der Waals surface area (Å²) in [6.45, 7) is 0. The van der Waals surface area contributed by atoms with Crippen LogP contribution in [0, 0.1) is 70.1 Å². The van der Waals surface area contributed by atoms with Gasteiger partial charge in [-0.1, -0.05) is 0 Å². The Morgan fingerprint density at radius 3 is 1.25 bits per heavy atom. The summed E-state index contributed by atoms with van der Waals surface area (Å²) < 4.78 is 16.6. The van der Waals surface area contributed by atoms with Crippen molar-refractivity contribution in [2.75, 3.05) is 0 Å². The Hall–Kier alpha value is 2.07. The Balaban J connectivity index is 0. The van der Waals surface area contributed by atoms with Crippen LogP contribution in [0.5, 0.6) is 0 Å². The van der Waals surface area contributed by atoms with Crippen LogP contribution in [0.25, 0.3) is 0 Å². The standard InChI is InChI=1S/Dy.La.2O. The van der Waals surface area contributed by atoms with E-state index in [4.69, 9.17) is 3.08 Å². The Morgan fingerprint density at radius 1 is 1.25 bits per heavy atom. The summed E-state index contributed by atoms with van der Waals surface area (Å²) in [7, 11) is 0. The van der Waals surface area contributed by atoms with Crippen molar-refractivity contribution >= 4 is 0 Å². The summed E-state index contributed by atoms with van der Waals surface area (Å²) in [4.78, 5) is 0. The second-order valence-electron chi connectivity index (χ2n) is 0. The van der Waals surface area contributed by atoms with E-state index in [1.165, 1.54) is 0 Å². The molecular weight excluding hydrogens is 333 g/mol. The molecule has 4 heavy (non-hydrogen) atoms. The molecule has 2 nitrogen and oxygen atoms in total. The van der Waals surface area contributed by atoms with Gasteiger partial charge in [0.15, 0.2) is 0 Å². The monoisotopic (exact) mass is 335 g/mol.